The summed E-state index contributed by atoms with van der Waals surface area (Å²) in [6.07, 6.45) is 3.33. The van der Waals surface area contributed by atoms with Crippen LogP contribution in [-0.4, -0.2) is 24.3 Å². The molecule has 1 atom stereocenters. The van der Waals surface area contributed by atoms with Gasteiger partial charge in [0.15, 0.2) is 0 Å². The number of hydrogen-bond acceptors (Lipinski definition) is 3. The van der Waals surface area contributed by atoms with Gasteiger partial charge in [-0.3, -0.25) is 0 Å². The molecule has 1 aliphatic rings. The largest absolute Gasteiger partial charge is 0.244 e. The van der Waals surface area contributed by atoms with Crippen molar-refractivity contribution in [1.29, 1.82) is 0 Å². The molecule has 1 saturated heterocycles. The van der Waals surface area contributed by atoms with Crippen molar-refractivity contribution in [3.05, 3.63) is 58.4 Å². The van der Waals surface area contributed by atoms with Crippen molar-refractivity contribution in [1.82, 2.24) is 9.29 Å². The number of halogens is 1. The van der Waals surface area contributed by atoms with Crippen LogP contribution in [0.1, 0.15) is 35.6 Å². The van der Waals surface area contributed by atoms with E-state index in [1.54, 1.807) is 22.6 Å². The second-order valence-corrected chi connectivity index (χ2v) is 8.21. The maximum Gasteiger partial charge on any atom is 0.243 e. The Kier molecular flexibility index (Phi) is 4.45. The Balaban J connectivity index is 1.97. The molecule has 0 unspecified atom stereocenters. The molecular weight excluding hydrogens is 332 g/mol. The fraction of sp³-hybridized carbons (Fsp3) is 0.353. The number of aromatic nitrogens is 1. The molecule has 0 bridgehead atoms. The first-order valence-electron chi connectivity index (χ1n) is 7.60. The van der Waals surface area contributed by atoms with Crippen LogP contribution < -0.4 is 0 Å². The van der Waals surface area contributed by atoms with Crippen LogP contribution in [-0.2, 0) is 10.0 Å². The Bertz CT molecular complexity index is 819. The molecule has 0 aliphatic carbocycles. The van der Waals surface area contributed by atoms with Crippen LogP contribution in [0.4, 0.5) is 0 Å². The van der Waals surface area contributed by atoms with Crippen LogP contribution in [0, 0.1) is 13.8 Å². The average Bonchev–Trinajstić information content (AvgIpc) is 3.01. The van der Waals surface area contributed by atoms with Gasteiger partial charge in [-0.25, -0.2) is 13.4 Å². The smallest absolute Gasteiger partial charge is 0.243 e. The zero-order valence-electron chi connectivity index (χ0n) is 13.2. The lowest BCUT2D eigenvalue weighted by atomic mass is 10.1. The summed E-state index contributed by atoms with van der Waals surface area (Å²) in [6.45, 7) is 4.35. The van der Waals surface area contributed by atoms with Gasteiger partial charge in [-0.1, -0.05) is 29.3 Å². The molecule has 1 aliphatic heterocycles. The normalized spacial score (nSPS) is 19.2. The van der Waals surface area contributed by atoms with Crippen LogP contribution in [0.15, 0.2) is 41.4 Å². The van der Waals surface area contributed by atoms with E-state index in [1.807, 2.05) is 32.0 Å². The number of nitrogens with zero attached hydrogens (tertiary/aromatic N) is 2. The topological polar surface area (TPSA) is 50.3 Å². The molecule has 4 nitrogen and oxygen atoms in total. The lowest BCUT2D eigenvalue weighted by Gasteiger charge is -2.24. The first-order chi connectivity index (χ1) is 10.9. The Hall–Kier alpha value is -1.43. The lowest BCUT2D eigenvalue weighted by molar-refractivity contribution is 0.396. The number of pyridine rings is 1. The molecule has 0 saturated carbocycles. The lowest BCUT2D eigenvalue weighted by Crippen LogP contribution is -2.30. The predicted molar refractivity (Wildman–Crippen MR) is 91.0 cm³/mol. The molecule has 0 amide bonds. The second kappa shape index (κ2) is 6.23. The molecule has 0 N–H and O–H groups in total. The number of benzene rings is 1. The number of sulfonamides is 1. The van der Waals surface area contributed by atoms with Crippen LogP contribution >= 0.6 is 11.6 Å². The monoisotopic (exact) mass is 350 g/mol. The van der Waals surface area contributed by atoms with Crippen LogP contribution in [0.5, 0.6) is 0 Å². The van der Waals surface area contributed by atoms with Crippen molar-refractivity contribution in [2.45, 2.75) is 37.6 Å². The van der Waals surface area contributed by atoms with Crippen molar-refractivity contribution in [3.63, 3.8) is 0 Å². The van der Waals surface area contributed by atoms with E-state index in [0.29, 0.717) is 16.6 Å². The maximum absolute atomic E-state index is 13.0. The van der Waals surface area contributed by atoms with Gasteiger partial charge in [-0.15, -0.1) is 0 Å². The molecule has 23 heavy (non-hydrogen) atoms. The van der Waals surface area contributed by atoms with E-state index >= 15 is 0 Å². The Labute approximate surface area is 142 Å². The number of hydrogen-bond donors (Lipinski definition) is 0. The molecule has 1 fully saturated rings. The van der Waals surface area contributed by atoms with Crippen molar-refractivity contribution in [2.24, 2.45) is 0 Å². The van der Waals surface area contributed by atoms with Gasteiger partial charge in [-0.05, 0) is 56.0 Å². The van der Waals surface area contributed by atoms with E-state index in [-0.39, 0.29) is 6.04 Å². The summed E-state index contributed by atoms with van der Waals surface area (Å²) >= 11 is 5.98. The van der Waals surface area contributed by atoms with Crippen molar-refractivity contribution in [2.75, 3.05) is 6.54 Å². The summed E-state index contributed by atoms with van der Waals surface area (Å²) in [6, 6.07) is 8.75. The molecule has 0 radical (unpaired) electrons. The molecule has 1 aromatic carbocycles. The van der Waals surface area contributed by atoms with Crippen LogP contribution in [0.25, 0.3) is 0 Å². The molecular formula is C17H19ClN2O2S. The van der Waals surface area contributed by atoms with Gasteiger partial charge in [-0.2, -0.15) is 4.31 Å². The third-order valence-corrected chi connectivity index (χ3v) is 6.57. The van der Waals surface area contributed by atoms with Gasteiger partial charge in [0.25, 0.3) is 0 Å². The highest BCUT2D eigenvalue weighted by Crippen LogP contribution is 2.37. The van der Waals surface area contributed by atoms with E-state index < -0.39 is 10.0 Å². The Morgan fingerprint density at radius 3 is 2.57 bits per heavy atom. The average molecular weight is 351 g/mol. The standard InChI is InChI=1S/C17H19ClN2O2S/c1-12-5-7-15(8-6-12)23(21,22)20-9-3-4-16(20)14-10-13(2)17(18)19-11-14/h5-8,10-11,16H,3-4,9H2,1-2H3/t16-/m1/s1. The summed E-state index contributed by atoms with van der Waals surface area (Å²) in [4.78, 5) is 4.51. The zero-order chi connectivity index (χ0) is 16.6. The highest BCUT2D eigenvalue weighted by atomic mass is 35.5. The van der Waals surface area contributed by atoms with Gasteiger partial charge in [0.1, 0.15) is 5.15 Å². The molecule has 2 aromatic rings. The quantitative estimate of drug-likeness (QED) is 0.789. The molecule has 122 valence electrons. The minimum Gasteiger partial charge on any atom is -0.244 e. The SMILES string of the molecule is Cc1ccc(S(=O)(=O)N2CCC[C@@H]2c2cnc(Cl)c(C)c2)cc1. The number of aryl methyl sites for hydroxylation is 2. The summed E-state index contributed by atoms with van der Waals surface area (Å²) in [7, 11) is -3.50. The Morgan fingerprint density at radius 2 is 1.91 bits per heavy atom. The number of rotatable bonds is 3. The minimum atomic E-state index is -3.50. The molecule has 2 heterocycles. The molecule has 0 spiro atoms. The van der Waals surface area contributed by atoms with E-state index in [0.717, 1.165) is 29.5 Å². The second-order valence-electron chi connectivity index (χ2n) is 5.96. The van der Waals surface area contributed by atoms with Crippen molar-refractivity contribution in [3.8, 4) is 0 Å². The highest BCUT2D eigenvalue weighted by molar-refractivity contribution is 7.89. The fourth-order valence-corrected chi connectivity index (χ4v) is 4.75. The van der Waals surface area contributed by atoms with Crippen LogP contribution in [0.2, 0.25) is 5.15 Å². The molecule has 3 rings (SSSR count). The fourth-order valence-electron chi connectivity index (χ4n) is 2.97. The van der Waals surface area contributed by atoms with Gasteiger partial charge in [0.2, 0.25) is 10.0 Å². The summed E-state index contributed by atoms with van der Waals surface area (Å²) < 4.78 is 27.5. The first-order valence-corrected chi connectivity index (χ1v) is 9.42. The molecule has 1 aromatic heterocycles. The predicted octanol–water partition coefficient (Wildman–Crippen LogP) is 3.88. The third kappa shape index (κ3) is 3.13. The maximum atomic E-state index is 13.0. The van der Waals surface area contributed by atoms with Crippen molar-refractivity contribution < 1.29 is 8.42 Å². The Morgan fingerprint density at radius 1 is 1.22 bits per heavy atom. The molecule has 6 heteroatoms. The first kappa shape index (κ1) is 16.4. The summed E-state index contributed by atoms with van der Waals surface area (Å²) in [5.41, 5.74) is 2.81. The minimum absolute atomic E-state index is 0.176. The van der Waals surface area contributed by atoms with Crippen molar-refractivity contribution >= 4 is 21.6 Å². The van der Waals surface area contributed by atoms with E-state index in [1.165, 1.54) is 0 Å². The van der Waals surface area contributed by atoms with E-state index in [4.69, 9.17) is 11.6 Å². The van der Waals surface area contributed by atoms with Gasteiger partial charge < -0.3 is 0 Å². The third-order valence-electron chi connectivity index (χ3n) is 4.25. The van der Waals surface area contributed by atoms with Gasteiger partial charge in [0.05, 0.1) is 10.9 Å². The highest BCUT2D eigenvalue weighted by Gasteiger charge is 2.36. The summed E-state index contributed by atoms with van der Waals surface area (Å²) in [5.74, 6) is 0. The van der Waals surface area contributed by atoms with E-state index in [2.05, 4.69) is 4.98 Å². The van der Waals surface area contributed by atoms with Gasteiger partial charge in [0, 0.05) is 12.7 Å². The van der Waals surface area contributed by atoms with E-state index in [9.17, 15) is 8.42 Å². The summed E-state index contributed by atoms with van der Waals surface area (Å²) in [5, 5.41) is 0.458. The van der Waals surface area contributed by atoms with Crippen LogP contribution in [0.3, 0.4) is 0 Å². The van der Waals surface area contributed by atoms with Gasteiger partial charge >= 0.3 is 0 Å². The zero-order valence-corrected chi connectivity index (χ0v) is 14.7.